The SMILES string of the molecule is COc1ccc(OC)c(N(C(=O)Nc2cccnc2)S(=O)(=O)c2ccc(O)cc2)c1. The van der Waals surface area contributed by atoms with E-state index in [1.165, 1.54) is 63.0 Å². The third-order valence-corrected chi connectivity index (χ3v) is 5.79. The highest BCUT2D eigenvalue weighted by atomic mass is 32.2. The lowest BCUT2D eigenvalue weighted by Gasteiger charge is -2.25. The van der Waals surface area contributed by atoms with E-state index in [9.17, 15) is 18.3 Å². The number of rotatable bonds is 6. The molecule has 0 radical (unpaired) electrons. The lowest BCUT2D eigenvalue weighted by molar-refractivity contribution is 0.259. The Labute approximate surface area is 173 Å². The largest absolute Gasteiger partial charge is 0.508 e. The number of urea groups is 1. The minimum absolute atomic E-state index is 0.0497. The van der Waals surface area contributed by atoms with E-state index in [1.54, 1.807) is 18.2 Å². The highest BCUT2D eigenvalue weighted by Gasteiger charge is 2.34. The zero-order valence-corrected chi connectivity index (χ0v) is 17.0. The number of hydrogen-bond donors (Lipinski definition) is 2. The Hall–Kier alpha value is -3.79. The highest BCUT2D eigenvalue weighted by Crippen LogP contribution is 2.36. The van der Waals surface area contributed by atoms with Gasteiger partial charge in [-0.1, -0.05) is 0 Å². The maximum Gasteiger partial charge on any atom is 0.340 e. The Bertz CT molecular complexity index is 1130. The molecule has 156 valence electrons. The number of carbonyl (C=O) groups is 1. The third-order valence-electron chi connectivity index (χ3n) is 4.08. The van der Waals surface area contributed by atoms with Gasteiger partial charge in [-0.3, -0.25) is 4.98 Å². The summed E-state index contributed by atoms with van der Waals surface area (Å²) < 4.78 is 37.9. The molecule has 30 heavy (non-hydrogen) atoms. The number of pyridine rings is 1. The Kier molecular flexibility index (Phi) is 6.07. The van der Waals surface area contributed by atoms with Gasteiger partial charge in [-0.15, -0.1) is 0 Å². The van der Waals surface area contributed by atoms with Crippen molar-refractivity contribution in [2.24, 2.45) is 0 Å². The van der Waals surface area contributed by atoms with Crippen LogP contribution < -0.4 is 19.1 Å². The monoisotopic (exact) mass is 429 g/mol. The molecule has 2 amide bonds. The van der Waals surface area contributed by atoms with Gasteiger partial charge in [0.15, 0.2) is 0 Å². The predicted octanol–water partition coefficient (Wildman–Crippen LogP) is 3.23. The molecule has 0 bridgehead atoms. The second kappa shape index (κ2) is 8.70. The van der Waals surface area contributed by atoms with E-state index in [0.717, 1.165) is 0 Å². The number of hydrogen-bond acceptors (Lipinski definition) is 7. The number of ether oxygens (including phenoxy) is 2. The minimum atomic E-state index is -4.39. The fraction of sp³-hybridized carbons (Fsp3) is 0.100. The second-order valence-corrected chi connectivity index (χ2v) is 7.76. The quantitative estimate of drug-likeness (QED) is 0.618. The van der Waals surface area contributed by atoms with Gasteiger partial charge in [-0.25, -0.2) is 13.2 Å². The summed E-state index contributed by atoms with van der Waals surface area (Å²) in [5.41, 5.74) is 0.251. The van der Waals surface area contributed by atoms with Crippen molar-refractivity contribution in [1.29, 1.82) is 0 Å². The van der Waals surface area contributed by atoms with E-state index >= 15 is 0 Å². The summed E-state index contributed by atoms with van der Waals surface area (Å²) in [6.07, 6.45) is 2.90. The molecule has 9 nitrogen and oxygen atoms in total. The number of nitrogens with zero attached hydrogens (tertiary/aromatic N) is 2. The first-order valence-corrected chi connectivity index (χ1v) is 10.1. The molecule has 0 saturated carbocycles. The second-order valence-electron chi connectivity index (χ2n) is 5.97. The maximum atomic E-state index is 13.4. The van der Waals surface area contributed by atoms with Gasteiger partial charge in [0.2, 0.25) is 0 Å². The van der Waals surface area contributed by atoms with Gasteiger partial charge in [0.05, 0.1) is 31.0 Å². The van der Waals surface area contributed by atoms with Crippen molar-refractivity contribution in [2.75, 3.05) is 23.8 Å². The van der Waals surface area contributed by atoms with Crippen LogP contribution in [0.25, 0.3) is 0 Å². The number of benzene rings is 2. The average molecular weight is 429 g/mol. The van der Waals surface area contributed by atoms with Crippen LogP contribution in [-0.2, 0) is 10.0 Å². The van der Waals surface area contributed by atoms with Crippen LogP contribution in [0.1, 0.15) is 0 Å². The molecular formula is C20H19N3O6S. The lowest BCUT2D eigenvalue weighted by atomic mass is 10.2. The number of phenols is 1. The Morgan fingerprint density at radius 3 is 2.40 bits per heavy atom. The Morgan fingerprint density at radius 2 is 1.80 bits per heavy atom. The number of anilines is 2. The number of amides is 2. The zero-order valence-electron chi connectivity index (χ0n) is 16.1. The van der Waals surface area contributed by atoms with Crippen molar-refractivity contribution < 1.29 is 27.8 Å². The van der Waals surface area contributed by atoms with Gasteiger partial charge in [0.1, 0.15) is 22.9 Å². The molecule has 0 aliphatic carbocycles. The van der Waals surface area contributed by atoms with Crippen molar-refractivity contribution in [2.45, 2.75) is 4.90 Å². The van der Waals surface area contributed by atoms with Gasteiger partial charge >= 0.3 is 6.03 Å². The van der Waals surface area contributed by atoms with Crippen LogP contribution >= 0.6 is 0 Å². The Morgan fingerprint density at radius 1 is 1.07 bits per heavy atom. The van der Waals surface area contributed by atoms with Crippen molar-refractivity contribution >= 4 is 27.4 Å². The van der Waals surface area contributed by atoms with Crippen molar-refractivity contribution in [1.82, 2.24) is 4.98 Å². The number of nitrogens with one attached hydrogen (secondary N) is 1. The first-order chi connectivity index (χ1) is 14.4. The first kappa shape index (κ1) is 20.9. The summed E-state index contributed by atoms with van der Waals surface area (Å²) in [4.78, 5) is 16.8. The van der Waals surface area contributed by atoms with Gasteiger partial charge in [-0.2, -0.15) is 4.31 Å². The van der Waals surface area contributed by atoms with Gasteiger partial charge in [0, 0.05) is 12.3 Å². The molecule has 0 saturated heterocycles. The molecule has 0 spiro atoms. The number of methoxy groups -OCH3 is 2. The molecule has 10 heteroatoms. The highest BCUT2D eigenvalue weighted by molar-refractivity contribution is 7.93. The van der Waals surface area contributed by atoms with Crippen LogP contribution in [0.15, 0.2) is 71.9 Å². The molecule has 2 aromatic carbocycles. The van der Waals surface area contributed by atoms with E-state index in [1.807, 2.05) is 0 Å². The van der Waals surface area contributed by atoms with E-state index in [-0.39, 0.29) is 22.1 Å². The van der Waals surface area contributed by atoms with Crippen LogP contribution in [0.4, 0.5) is 16.2 Å². The summed E-state index contributed by atoms with van der Waals surface area (Å²) >= 11 is 0. The van der Waals surface area contributed by atoms with Crippen molar-refractivity contribution in [3.05, 3.63) is 67.0 Å². The van der Waals surface area contributed by atoms with Gasteiger partial charge in [-0.05, 0) is 48.5 Å². The summed E-state index contributed by atoms with van der Waals surface area (Å²) in [5, 5.41) is 12.0. The van der Waals surface area contributed by atoms with E-state index in [0.29, 0.717) is 15.7 Å². The van der Waals surface area contributed by atoms with Crippen LogP contribution in [0.3, 0.4) is 0 Å². The molecule has 1 heterocycles. The number of phenolic OH excluding ortho intramolecular Hbond substituents is 1. The fourth-order valence-corrected chi connectivity index (χ4v) is 3.99. The maximum absolute atomic E-state index is 13.4. The Balaban J connectivity index is 2.16. The zero-order chi connectivity index (χ0) is 21.7. The van der Waals surface area contributed by atoms with Crippen molar-refractivity contribution in [3.63, 3.8) is 0 Å². The number of carbonyl (C=O) groups excluding carboxylic acids is 1. The predicted molar refractivity (Wildman–Crippen MR) is 111 cm³/mol. The smallest absolute Gasteiger partial charge is 0.340 e. The molecule has 1 aromatic heterocycles. The minimum Gasteiger partial charge on any atom is -0.508 e. The molecule has 2 N–H and O–H groups in total. The molecule has 0 aliphatic heterocycles. The number of aromatic nitrogens is 1. The van der Waals surface area contributed by atoms with E-state index in [4.69, 9.17) is 9.47 Å². The van der Waals surface area contributed by atoms with E-state index < -0.39 is 16.1 Å². The average Bonchev–Trinajstić information content (AvgIpc) is 2.74. The normalized spacial score (nSPS) is 10.9. The van der Waals surface area contributed by atoms with Crippen LogP contribution in [-0.4, -0.2) is 38.8 Å². The van der Waals surface area contributed by atoms with Crippen molar-refractivity contribution in [3.8, 4) is 17.2 Å². The molecular weight excluding hydrogens is 410 g/mol. The number of sulfonamides is 1. The van der Waals surface area contributed by atoms with Crippen LogP contribution in [0.5, 0.6) is 17.2 Å². The van der Waals surface area contributed by atoms with Crippen LogP contribution in [0.2, 0.25) is 0 Å². The molecule has 3 aromatic rings. The molecule has 0 atom stereocenters. The van der Waals surface area contributed by atoms with E-state index in [2.05, 4.69) is 10.3 Å². The number of aromatic hydroxyl groups is 1. The van der Waals surface area contributed by atoms with Gasteiger partial charge in [0.25, 0.3) is 10.0 Å². The third kappa shape index (κ3) is 4.28. The molecule has 0 aliphatic rings. The first-order valence-electron chi connectivity index (χ1n) is 8.64. The van der Waals surface area contributed by atoms with Gasteiger partial charge < -0.3 is 19.9 Å². The molecule has 3 rings (SSSR count). The standard InChI is InChI=1S/C20H19N3O6S/c1-28-16-7-10-19(29-2)18(12-16)23(20(25)22-14-4-3-11-21-13-14)30(26,27)17-8-5-15(24)6-9-17/h3-13,24H,1-2H3,(H,22,25). The molecule has 0 unspecified atom stereocenters. The van der Waals surface area contributed by atoms with Crippen LogP contribution in [0, 0.1) is 0 Å². The summed E-state index contributed by atoms with van der Waals surface area (Å²) in [5.74, 6) is 0.352. The summed E-state index contributed by atoms with van der Waals surface area (Å²) in [7, 11) is -1.62. The topological polar surface area (TPSA) is 118 Å². The molecule has 0 fully saturated rings. The summed E-state index contributed by atoms with van der Waals surface area (Å²) in [6, 6.07) is 11.5. The lowest BCUT2D eigenvalue weighted by Crippen LogP contribution is -2.40. The summed E-state index contributed by atoms with van der Waals surface area (Å²) in [6.45, 7) is 0. The fourth-order valence-electron chi connectivity index (χ4n) is 2.64.